The molecule has 1 aromatic carbocycles. The number of amides is 3. The van der Waals surface area contributed by atoms with E-state index in [0.717, 1.165) is 43.6 Å². The summed E-state index contributed by atoms with van der Waals surface area (Å²) in [6.07, 6.45) is 2.90. The van der Waals surface area contributed by atoms with Crippen LogP contribution >= 0.6 is 0 Å². The first-order chi connectivity index (χ1) is 13.5. The number of hydrogen-bond donors (Lipinski definition) is 2. The first-order valence-electron chi connectivity index (χ1n) is 10.2. The third-order valence-electron chi connectivity index (χ3n) is 6.43. The van der Waals surface area contributed by atoms with Crippen LogP contribution in [0, 0.1) is 5.92 Å². The molecule has 0 saturated carbocycles. The highest BCUT2D eigenvalue weighted by Crippen LogP contribution is 2.29. The van der Waals surface area contributed by atoms with Crippen molar-refractivity contribution in [2.45, 2.75) is 57.8 Å². The third kappa shape index (κ3) is 3.56. The Morgan fingerprint density at radius 3 is 2.75 bits per heavy atom. The molecule has 0 aromatic heterocycles. The van der Waals surface area contributed by atoms with Crippen molar-refractivity contribution in [3.05, 3.63) is 34.9 Å². The summed E-state index contributed by atoms with van der Waals surface area (Å²) in [6, 6.07) is 5.99. The monoisotopic (exact) mass is 384 g/mol. The minimum absolute atomic E-state index is 0.110. The van der Waals surface area contributed by atoms with E-state index >= 15 is 0 Å². The van der Waals surface area contributed by atoms with Crippen LogP contribution < -0.4 is 11.1 Å². The standard InChI is InChI=1S/C21H28N4O3/c1-13-8-14(10-22)6-7-24(13)11-15-2-3-16-12-25(21(28)17(16)9-15)18-4-5-19(26)23-20(18)27/h2-3,9,13-14,18H,4-8,10-12,22H2,1H3,(H,23,26,27)/t13-,14+,18?/m1/s1. The predicted octanol–water partition coefficient (Wildman–Crippen LogP) is 1.01. The van der Waals surface area contributed by atoms with Gasteiger partial charge in [0.2, 0.25) is 11.8 Å². The van der Waals surface area contributed by atoms with E-state index in [1.165, 1.54) is 0 Å². The van der Waals surface area contributed by atoms with Crippen LogP contribution in [0.25, 0.3) is 0 Å². The van der Waals surface area contributed by atoms with Gasteiger partial charge in [-0.05, 0) is 62.4 Å². The van der Waals surface area contributed by atoms with Gasteiger partial charge in [0, 0.05) is 31.1 Å². The fraction of sp³-hybridized carbons (Fsp3) is 0.571. The number of carbonyl (C=O) groups excluding carboxylic acids is 3. The van der Waals surface area contributed by atoms with Gasteiger partial charge >= 0.3 is 0 Å². The van der Waals surface area contributed by atoms with Crippen molar-refractivity contribution < 1.29 is 14.4 Å². The van der Waals surface area contributed by atoms with Crippen LogP contribution in [0.5, 0.6) is 0 Å². The Morgan fingerprint density at radius 2 is 2.04 bits per heavy atom. The van der Waals surface area contributed by atoms with Crippen LogP contribution in [0.1, 0.15) is 54.1 Å². The summed E-state index contributed by atoms with van der Waals surface area (Å²) in [4.78, 5) is 40.6. The molecule has 3 atom stereocenters. The molecule has 7 nitrogen and oxygen atoms in total. The first kappa shape index (κ1) is 19.1. The zero-order valence-corrected chi connectivity index (χ0v) is 16.3. The Labute approximate surface area is 165 Å². The summed E-state index contributed by atoms with van der Waals surface area (Å²) in [5, 5.41) is 2.34. The maximum atomic E-state index is 12.9. The number of nitrogens with two attached hydrogens (primary N) is 1. The van der Waals surface area contributed by atoms with Gasteiger partial charge in [0.25, 0.3) is 5.91 Å². The molecule has 1 aromatic rings. The lowest BCUT2D eigenvalue weighted by molar-refractivity contribution is -0.136. The zero-order valence-electron chi connectivity index (χ0n) is 16.3. The SMILES string of the molecule is C[C@@H]1C[C@@H](CN)CCN1Cc1ccc2c(c1)C(=O)N(C1CCC(=O)NC1=O)C2. The molecule has 0 spiro atoms. The number of fused-ring (bicyclic) bond motifs is 1. The van der Waals surface area contributed by atoms with Gasteiger partial charge in [-0.2, -0.15) is 0 Å². The van der Waals surface area contributed by atoms with E-state index in [0.29, 0.717) is 30.5 Å². The fourth-order valence-electron chi connectivity index (χ4n) is 4.70. The van der Waals surface area contributed by atoms with Crippen LogP contribution in [-0.2, 0) is 22.7 Å². The second-order valence-electron chi connectivity index (χ2n) is 8.34. The van der Waals surface area contributed by atoms with E-state index in [1.807, 2.05) is 12.1 Å². The Kier molecular flexibility index (Phi) is 5.21. The number of piperidine rings is 2. The quantitative estimate of drug-likeness (QED) is 0.756. The number of hydrogen-bond acceptors (Lipinski definition) is 5. The Bertz CT molecular complexity index is 809. The summed E-state index contributed by atoms with van der Waals surface area (Å²) in [6.45, 7) is 5.26. The summed E-state index contributed by atoms with van der Waals surface area (Å²) >= 11 is 0. The molecule has 0 radical (unpaired) electrons. The molecule has 3 amide bonds. The highest BCUT2D eigenvalue weighted by Gasteiger charge is 2.39. The lowest BCUT2D eigenvalue weighted by Crippen LogP contribution is -2.52. The van der Waals surface area contributed by atoms with Gasteiger partial charge in [-0.1, -0.05) is 12.1 Å². The molecule has 0 bridgehead atoms. The molecule has 1 unspecified atom stereocenters. The molecule has 7 heteroatoms. The molecule has 2 saturated heterocycles. The van der Waals surface area contributed by atoms with Crippen LogP contribution in [0.2, 0.25) is 0 Å². The van der Waals surface area contributed by atoms with E-state index in [-0.39, 0.29) is 24.1 Å². The number of carbonyl (C=O) groups is 3. The van der Waals surface area contributed by atoms with Crippen LogP contribution in [0.4, 0.5) is 0 Å². The second kappa shape index (κ2) is 7.64. The molecule has 0 aliphatic carbocycles. The molecule has 150 valence electrons. The lowest BCUT2D eigenvalue weighted by Gasteiger charge is -2.37. The summed E-state index contributed by atoms with van der Waals surface area (Å²) in [7, 11) is 0. The smallest absolute Gasteiger partial charge is 0.255 e. The molecular formula is C21H28N4O3. The van der Waals surface area contributed by atoms with Crippen molar-refractivity contribution >= 4 is 17.7 Å². The number of imide groups is 1. The van der Waals surface area contributed by atoms with Crippen molar-refractivity contribution in [2.24, 2.45) is 11.7 Å². The van der Waals surface area contributed by atoms with E-state index < -0.39 is 6.04 Å². The van der Waals surface area contributed by atoms with E-state index in [1.54, 1.807) is 4.90 Å². The normalized spacial score (nSPS) is 28.4. The van der Waals surface area contributed by atoms with Gasteiger partial charge in [-0.15, -0.1) is 0 Å². The van der Waals surface area contributed by atoms with Crippen molar-refractivity contribution in [1.29, 1.82) is 0 Å². The molecule has 28 heavy (non-hydrogen) atoms. The molecule has 3 N–H and O–H groups in total. The topological polar surface area (TPSA) is 95.7 Å². The summed E-state index contributed by atoms with van der Waals surface area (Å²) in [5.74, 6) is -0.134. The van der Waals surface area contributed by atoms with E-state index in [2.05, 4.69) is 23.2 Å². The lowest BCUT2D eigenvalue weighted by atomic mass is 9.91. The number of rotatable bonds is 4. The van der Waals surface area contributed by atoms with Gasteiger partial charge in [0.1, 0.15) is 6.04 Å². The summed E-state index contributed by atoms with van der Waals surface area (Å²) < 4.78 is 0. The van der Waals surface area contributed by atoms with Gasteiger partial charge in [0.05, 0.1) is 0 Å². The fourth-order valence-corrected chi connectivity index (χ4v) is 4.70. The average Bonchev–Trinajstić information content (AvgIpc) is 2.99. The van der Waals surface area contributed by atoms with Crippen LogP contribution in [0.15, 0.2) is 18.2 Å². The number of nitrogens with one attached hydrogen (secondary N) is 1. The Morgan fingerprint density at radius 1 is 1.21 bits per heavy atom. The van der Waals surface area contributed by atoms with Gasteiger partial charge < -0.3 is 10.6 Å². The van der Waals surface area contributed by atoms with Gasteiger partial charge in [-0.25, -0.2) is 0 Å². The highest BCUT2D eigenvalue weighted by atomic mass is 16.2. The molecule has 4 rings (SSSR count). The number of benzene rings is 1. The number of likely N-dealkylation sites (tertiary alicyclic amines) is 1. The second-order valence-corrected chi connectivity index (χ2v) is 8.34. The molecule has 3 heterocycles. The molecule has 2 fully saturated rings. The Hall–Kier alpha value is -2.25. The third-order valence-corrected chi connectivity index (χ3v) is 6.43. The molecule has 3 aliphatic heterocycles. The van der Waals surface area contributed by atoms with Crippen molar-refractivity contribution in [3.8, 4) is 0 Å². The predicted molar refractivity (Wildman–Crippen MR) is 104 cm³/mol. The maximum Gasteiger partial charge on any atom is 0.255 e. The first-order valence-corrected chi connectivity index (χ1v) is 10.2. The van der Waals surface area contributed by atoms with Crippen molar-refractivity contribution in [2.75, 3.05) is 13.1 Å². The van der Waals surface area contributed by atoms with E-state index in [4.69, 9.17) is 5.73 Å². The van der Waals surface area contributed by atoms with Crippen molar-refractivity contribution in [3.63, 3.8) is 0 Å². The summed E-state index contributed by atoms with van der Waals surface area (Å²) in [5.41, 5.74) is 8.58. The molecule has 3 aliphatic rings. The largest absolute Gasteiger partial charge is 0.330 e. The van der Waals surface area contributed by atoms with Gasteiger partial charge in [0.15, 0.2) is 0 Å². The highest BCUT2D eigenvalue weighted by molar-refractivity contribution is 6.05. The van der Waals surface area contributed by atoms with E-state index in [9.17, 15) is 14.4 Å². The van der Waals surface area contributed by atoms with Crippen LogP contribution in [0.3, 0.4) is 0 Å². The van der Waals surface area contributed by atoms with Crippen molar-refractivity contribution in [1.82, 2.24) is 15.1 Å². The Balaban J connectivity index is 1.46. The van der Waals surface area contributed by atoms with Crippen LogP contribution in [-0.4, -0.2) is 52.7 Å². The van der Waals surface area contributed by atoms with Gasteiger partial charge in [-0.3, -0.25) is 24.6 Å². The maximum absolute atomic E-state index is 12.9. The minimum Gasteiger partial charge on any atom is -0.330 e. The average molecular weight is 384 g/mol. The molecular weight excluding hydrogens is 356 g/mol. The number of nitrogens with zero attached hydrogens (tertiary/aromatic N) is 2. The zero-order chi connectivity index (χ0) is 19.8. The minimum atomic E-state index is -0.559.